The number of carbonyl (C=O) groups is 1. The minimum Gasteiger partial charge on any atom is -0.325 e. The topological polar surface area (TPSA) is 63.9 Å². The van der Waals surface area contributed by atoms with E-state index in [0.717, 1.165) is 48.1 Å². The Kier molecular flexibility index (Phi) is 5.69. The molecule has 0 N–H and O–H groups in total. The Bertz CT molecular complexity index is 913. The summed E-state index contributed by atoms with van der Waals surface area (Å²) in [5, 5.41) is 9.40. The molecule has 0 radical (unpaired) electrons. The number of thioether (sulfide) groups is 1. The zero-order valence-electron chi connectivity index (χ0n) is 13.1. The first-order valence-electron chi connectivity index (χ1n) is 7.50. The number of hydrogen-bond donors (Lipinski definition) is 0. The summed E-state index contributed by atoms with van der Waals surface area (Å²) >= 11 is 11.6. The summed E-state index contributed by atoms with van der Waals surface area (Å²) in [5.74, 6) is 1.64. The Morgan fingerprint density at radius 3 is 2.73 bits per heavy atom. The van der Waals surface area contributed by atoms with Crippen LogP contribution in [0.1, 0.15) is 11.2 Å². The first-order chi connectivity index (χ1) is 12.7. The van der Waals surface area contributed by atoms with Gasteiger partial charge >= 0.3 is 0 Å². The summed E-state index contributed by atoms with van der Waals surface area (Å²) in [5.41, 5.74) is 0.961. The summed E-state index contributed by atoms with van der Waals surface area (Å²) in [6.07, 6.45) is 0.885. The van der Waals surface area contributed by atoms with E-state index in [-0.39, 0.29) is 5.37 Å². The van der Waals surface area contributed by atoms with Gasteiger partial charge < -0.3 is 4.90 Å². The fraction of sp³-hybridized carbons (Fsp3) is 0.200. The number of aromatic nitrogens is 4. The van der Waals surface area contributed by atoms with Crippen LogP contribution < -0.4 is 0 Å². The Morgan fingerprint density at radius 1 is 1.23 bits per heavy atom. The SMILES string of the molecule is O=CN1CCSC1c1nnc(Sc2nc(Br)c(Br)s2)n1-c1ccccc1. The molecule has 0 aliphatic carbocycles. The molecule has 3 heterocycles. The third kappa shape index (κ3) is 3.59. The molecular formula is C15H11Br2N5OS3. The van der Waals surface area contributed by atoms with Crippen molar-refractivity contribution >= 4 is 73.1 Å². The van der Waals surface area contributed by atoms with E-state index in [1.807, 2.05) is 34.9 Å². The van der Waals surface area contributed by atoms with Crippen molar-refractivity contribution in [3.8, 4) is 5.69 Å². The molecule has 6 nitrogen and oxygen atoms in total. The van der Waals surface area contributed by atoms with Crippen LogP contribution in [-0.4, -0.2) is 43.4 Å². The van der Waals surface area contributed by atoms with E-state index in [2.05, 4.69) is 47.0 Å². The number of nitrogens with zero attached hydrogens (tertiary/aromatic N) is 5. The molecule has 26 heavy (non-hydrogen) atoms. The largest absolute Gasteiger partial charge is 0.325 e. The molecule has 2 aromatic heterocycles. The highest BCUT2D eigenvalue weighted by Crippen LogP contribution is 2.41. The normalized spacial score (nSPS) is 17.0. The number of benzene rings is 1. The molecule has 1 fully saturated rings. The lowest BCUT2D eigenvalue weighted by atomic mass is 10.3. The molecule has 3 aromatic rings. The second kappa shape index (κ2) is 8.01. The Labute approximate surface area is 179 Å². The van der Waals surface area contributed by atoms with Crippen LogP contribution in [0.5, 0.6) is 0 Å². The van der Waals surface area contributed by atoms with Crippen LogP contribution >= 0.6 is 66.7 Å². The van der Waals surface area contributed by atoms with Gasteiger partial charge in [0.1, 0.15) is 13.8 Å². The molecule has 134 valence electrons. The predicted octanol–water partition coefficient (Wildman–Crippen LogP) is 4.60. The summed E-state index contributed by atoms with van der Waals surface area (Å²) in [6, 6.07) is 9.94. The maximum Gasteiger partial charge on any atom is 0.211 e. The lowest BCUT2D eigenvalue weighted by molar-refractivity contribution is -0.118. The summed E-state index contributed by atoms with van der Waals surface area (Å²) in [7, 11) is 0. The molecular weight excluding hydrogens is 522 g/mol. The second-order valence-electron chi connectivity index (χ2n) is 5.22. The Hall–Kier alpha value is -0.880. The van der Waals surface area contributed by atoms with Crippen molar-refractivity contribution in [3.05, 3.63) is 44.5 Å². The van der Waals surface area contributed by atoms with Gasteiger partial charge in [-0.15, -0.1) is 22.0 Å². The van der Waals surface area contributed by atoms with E-state index >= 15 is 0 Å². The van der Waals surface area contributed by atoms with Crippen molar-refractivity contribution in [1.82, 2.24) is 24.6 Å². The Morgan fingerprint density at radius 2 is 2.04 bits per heavy atom. The van der Waals surface area contributed by atoms with Crippen LogP contribution in [0.25, 0.3) is 5.69 Å². The van der Waals surface area contributed by atoms with Crippen LogP contribution in [0, 0.1) is 0 Å². The van der Waals surface area contributed by atoms with E-state index in [1.54, 1.807) is 16.7 Å². The third-order valence-corrected chi connectivity index (χ3v) is 8.96. The van der Waals surface area contributed by atoms with Gasteiger partial charge in [-0.05, 0) is 55.8 Å². The average molecular weight is 533 g/mol. The zero-order chi connectivity index (χ0) is 18.1. The smallest absolute Gasteiger partial charge is 0.211 e. The standard InChI is InChI=1S/C15H11Br2N5OS3/c16-10-11(17)25-15(18-10)26-14-20-19-12(13-21(8-23)6-7-24-13)22(14)9-4-2-1-3-5-9/h1-5,8,13H,6-7H2. The molecule has 1 aliphatic rings. The van der Waals surface area contributed by atoms with Crippen LogP contribution in [0.2, 0.25) is 0 Å². The van der Waals surface area contributed by atoms with E-state index in [9.17, 15) is 4.79 Å². The number of hydrogen-bond acceptors (Lipinski definition) is 7. The van der Waals surface area contributed by atoms with Gasteiger partial charge in [0.05, 0.1) is 0 Å². The van der Waals surface area contributed by atoms with Gasteiger partial charge in [-0.3, -0.25) is 9.36 Å². The molecule has 11 heteroatoms. The van der Waals surface area contributed by atoms with Gasteiger partial charge in [-0.25, -0.2) is 4.98 Å². The first kappa shape index (κ1) is 18.5. The fourth-order valence-corrected chi connectivity index (χ4v) is 6.97. The quantitative estimate of drug-likeness (QED) is 0.447. The molecule has 0 bridgehead atoms. The number of thiazole rings is 1. The monoisotopic (exact) mass is 531 g/mol. The molecule has 1 unspecified atom stereocenters. The predicted molar refractivity (Wildman–Crippen MR) is 111 cm³/mol. The first-order valence-corrected chi connectivity index (χ1v) is 11.8. The number of amides is 1. The van der Waals surface area contributed by atoms with Crippen LogP contribution in [0.3, 0.4) is 0 Å². The summed E-state index contributed by atoms with van der Waals surface area (Å²) < 4.78 is 4.57. The maximum atomic E-state index is 11.4. The number of para-hydroxylation sites is 1. The van der Waals surface area contributed by atoms with Gasteiger partial charge in [0.2, 0.25) is 11.6 Å². The van der Waals surface area contributed by atoms with Gasteiger partial charge in [0.25, 0.3) is 0 Å². The van der Waals surface area contributed by atoms with Gasteiger partial charge in [0.15, 0.2) is 10.2 Å². The average Bonchev–Trinajstić information content (AvgIpc) is 3.35. The van der Waals surface area contributed by atoms with Gasteiger partial charge in [-0.1, -0.05) is 29.5 Å². The molecule has 1 saturated heterocycles. The molecule has 1 aromatic carbocycles. The van der Waals surface area contributed by atoms with Crippen molar-refractivity contribution in [2.75, 3.05) is 12.3 Å². The van der Waals surface area contributed by atoms with Gasteiger partial charge in [-0.2, -0.15) is 0 Å². The highest BCUT2D eigenvalue weighted by Gasteiger charge is 2.32. The third-order valence-electron chi connectivity index (χ3n) is 3.66. The molecule has 1 aliphatic heterocycles. The minimum absolute atomic E-state index is 0.135. The zero-order valence-corrected chi connectivity index (χ0v) is 18.7. The molecule has 1 amide bonds. The molecule has 1 atom stereocenters. The molecule has 4 rings (SSSR count). The number of halogens is 2. The second-order valence-corrected chi connectivity index (χ2v) is 10.7. The van der Waals surface area contributed by atoms with E-state index in [1.165, 1.54) is 23.1 Å². The highest BCUT2D eigenvalue weighted by atomic mass is 79.9. The van der Waals surface area contributed by atoms with Crippen LogP contribution in [0.4, 0.5) is 0 Å². The minimum atomic E-state index is -0.135. The van der Waals surface area contributed by atoms with Crippen molar-refractivity contribution in [3.63, 3.8) is 0 Å². The van der Waals surface area contributed by atoms with Crippen LogP contribution in [0.15, 0.2) is 48.2 Å². The maximum absolute atomic E-state index is 11.4. The van der Waals surface area contributed by atoms with E-state index in [0.29, 0.717) is 0 Å². The van der Waals surface area contributed by atoms with Crippen molar-refractivity contribution in [2.45, 2.75) is 14.9 Å². The highest BCUT2D eigenvalue weighted by molar-refractivity contribution is 9.13. The lowest BCUT2D eigenvalue weighted by Crippen LogP contribution is -2.23. The van der Waals surface area contributed by atoms with Crippen molar-refractivity contribution < 1.29 is 4.79 Å². The lowest BCUT2D eigenvalue weighted by Gasteiger charge is -2.19. The summed E-state index contributed by atoms with van der Waals surface area (Å²) in [4.78, 5) is 17.6. The summed E-state index contributed by atoms with van der Waals surface area (Å²) in [6.45, 7) is 0.718. The molecule has 0 saturated carbocycles. The Balaban J connectivity index is 1.78. The van der Waals surface area contributed by atoms with Crippen molar-refractivity contribution in [1.29, 1.82) is 0 Å². The van der Waals surface area contributed by atoms with E-state index in [4.69, 9.17) is 0 Å². The fourth-order valence-electron chi connectivity index (χ4n) is 2.53. The van der Waals surface area contributed by atoms with E-state index < -0.39 is 0 Å². The molecule has 0 spiro atoms. The number of rotatable bonds is 5. The van der Waals surface area contributed by atoms with Gasteiger partial charge in [0, 0.05) is 18.0 Å². The number of carbonyl (C=O) groups excluding carboxylic acids is 1. The van der Waals surface area contributed by atoms with Crippen molar-refractivity contribution in [2.24, 2.45) is 0 Å². The van der Waals surface area contributed by atoms with Crippen LogP contribution in [-0.2, 0) is 4.79 Å².